The summed E-state index contributed by atoms with van der Waals surface area (Å²) in [6.07, 6.45) is 0.498. The van der Waals surface area contributed by atoms with Gasteiger partial charge in [0.15, 0.2) is 0 Å². The number of hydrogen-bond acceptors (Lipinski definition) is 2. The molecule has 2 heterocycles. The number of aromatic nitrogens is 1. The van der Waals surface area contributed by atoms with E-state index in [0.717, 1.165) is 5.56 Å². The molecule has 3 rings (SSSR count). The average Bonchev–Trinajstić information content (AvgIpc) is 2.60. The Bertz CT molecular complexity index is 908. The van der Waals surface area contributed by atoms with Gasteiger partial charge < -0.3 is 4.90 Å². The van der Waals surface area contributed by atoms with Crippen molar-refractivity contribution >= 4 is 46.1 Å². The van der Waals surface area contributed by atoms with E-state index in [1.807, 2.05) is 30.3 Å². The molecule has 0 radical (unpaired) electrons. The van der Waals surface area contributed by atoms with Crippen molar-refractivity contribution in [3.63, 3.8) is 0 Å². The number of allylic oxidation sites excluding steroid dienone is 3. The summed E-state index contributed by atoms with van der Waals surface area (Å²) in [5.74, 6) is 0. The van der Waals surface area contributed by atoms with Crippen LogP contribution in [0.5, 0.6) is 0 Å². The van der Waals surface area contributed by atoms with E-state index in [-0.39, 0.29) is 15.8 Å². The molecule has 7 heteroatoms. The number of nitrogens with zero attached hydrogens (tertiary/aromatic N) is 2. The van der Waals surface area contributed by atoms with Crippen molar-refractivity contribution in [1.82, 2.24) is 9.88 Å². The number of hydrogen-bond donors (Lipinski definition) is 0. The summed E-state index contributed by atoms with van der Waals surface area (Å²) in [7, 11) is 0. The quantitative estimate of drug-likeness (QED) is 0.571. The maximum Gasteiger partial charge on any atom is 0.256 e. The maximum absolute atomic E-state index is 13.3. The minimum atomic E-state index is -2.60. The van der Waals surface area contributed by atoms with Gasteiger partial charge in [-0.3, -0.25) is 4.98 Å². The van der Waals surface area contributed by atoms with Crippen LogP contribution in [-0.4, -0.2) is 22.9 Å². The fourth-order valence-corrected chi connectivity index (χ4v) is 3.39. The molecule has 0 aliphatic carbocycles. The Balaban J connectivity index is 2.31. The molecule has 0 saturated heterocycles. The van der Waals surface area contributed by atoms with Gasteiger partial charge in [0.2, 0.25) is 0 Å². The van der Waals surface area contributed by atoms with E-state index < -0.39 is 13.0 Å². The Morgan fingerprint density at radius 1 is 1.12 bits per heavy atom. The van der Waals surface area contributed by atoms with E-state index in [1.165, 1.54) is 17.2 Å². The average molecular weight is 414 g/mol. The Morgan fingerprint density at radius 3 is 2.42 bits per heavy atom. The molecular formula is C19H13Cl3F2N2. The van der Waals surface area contributed by atoms with Crippen molar-refractivity contribution in [1.29, 1.82) is 0 Å². The zero-order chi connectivity index (χ0) is 18.8. The number of halogens is 5. The monoisotopic (exact) mass is 412 g/mol. The zero-order valence-corrected chi connectivity index (χ0v) is 15.7. The predicted molar refractivity (Wildman–Crippen MR) is 103 cm³/mol. The summed E-state index contributed by atoms with van der Waals surface area (Å²) in [6.45, 7) is 3.25. The third-order valence-corrected chi connectivity index (χ3v) is 4.66. The van der Waals surface area contributed by atoms with Gasteiger partial charge in [0.05, 0.1) is 33.0 Å². The summed E-state index contributed by atoms with van der Waals surface area (Å²) < 4.78 is 26.5. The molecule has 0 atom stereocenters. The maximum atomic E-state index is 13.3. The first-order chi connectivity index (χ1) is 12.4. The van der Waals surface area contributed by atoms with Crippen LogP contribution in [-0.2, 0) is 0 Å². The molecule has 2 aromatic rings. The second-order valence-electron chi connectivity index (χ2n) is 5.55. The molecule has 1 aliphatic rings. The van der Waals surface area contributed by atoms with Crippen molar-refractivity contribution in [2.75, 3.05) is 6.54 Å². The van der Waals surface area contributed by atoms with Gasteiger partial charge in [0.25, 0.3) is 6.43 Å². The fraction of sp³-hybridized carbons (Fsp3) is 0.105. The largest absolute Gasteiger partial charge is 0.333 e. The van der Waals surface area contributed by atoms with Crippen LogP contribution in [0.3, 0.4) is 0 Å². The summed E-state index contributed by atoms with van der Waals surface area (Å²) >= 11 is 18.5. The number of benzene rings is 1. The van der Waals surface area contributed by atoms with Crippen LogP contribution in [0, 0.1) is 0 Å². The van der Waals surface area contributed by atoms with Gasteiger partial charge in [0, 0.05) is 11.8 Å². The second kappa shape index (κ2) is 7.78. The minimum absolute atomic E-state index is 0.249. The Kier molecular flexibility index (Phi) is 5.66. The van der Waals surface area contributed by atoms with Crippen LogP contribution in [0.2, 0.25) is 10.0 Å². The molecule has 0 spiro atoms. The molecule has 0 saturated carbocycles. The molecule has 0 N–H and O–H groups in total. The van der Waals surface area contributed by atoms with E-state index in [1.54, 1.807) is 6.08 Å². The lowest BCUT2D eigenvalue weighted by molar-refractivity contribution is 0.123. The van der Waals surface area contributed by atoms with Crippen LogP contribution >= 0.6 is 34.8 Å². The van der Waals surface area contributed by atoms with Crippen molar-refractivity contribution in [3.05, 3.63) is 87.3 Å². The highest BCUT2D eigenvalue weighted by Crippen LogP contribution is 2.42. The third-order valence-electron chi connectivity index (χ3n) is 3.84. The smallest absolute Gasteiger partial charge is 0.256 e. The van der Waals surface area contributed by atoms with Gasteiger partial charge in [-0.1, -0.05) is 71.7 Å². The first-order valence-corrected chi connectivity index (χ1v) is 8.75. The van der Waals surface area contributed by atoms with Gasteiger partial charge in [-0.15, -0.1) is 0 Å². The molecule has 1 aromatic heterocycles. The molecule has 0 fully saturated rings. The van der Waals surface area contributed by atoms with Crippen LogP contribution in [0.1, 0.15) is 11.3 Å². The second-order valence-corrected chi connectivity index (χ2v) is 6.80. The van der Waals surface area contributed by atoms with Crippen molar-refractivity contribution in [3.8, 4) is 0 Å². The first-order valence-electron chi connectivity index (χ1n) is 7.61. The highest BCUT2D eigenvalue weighted by atomic mass is 35.5. The number of pyridine rings is 1. The van der Waals surface area contributed by atoms with Gasteiger partial charge in [-0.05, 0) is 17.7 Å². The fourth-order valence-electron chi connectivity index (χ4n) is 2.71. The molecule has 1 aromatic carbocycles. The van der Waals surface area contributed by atoms with Crippen LogP contribution in [0.4, 0.5) is 8.78 Å². The topological polar surface area (TPSA) is 16.1 Å². The lowest BCUT2D eigenvalue weighted by atomic mass is 9.96. The summed E-state index contributed by atoms with van der Waals surface area (Å²) in [4.78, 5) is 5.62. The molecule has 2 nitrogen and oxygen atoms in total. The van der Waals surface area contributed by atoms with Crippen LogP contribution < -0.4 is 0 Å². The Hall–Kier alpha value is -1.88. The van der Waals surface area contributed by atoms with E-state index in [9.17, 15) is 8.78 Å². The number of rotatable bonds is 4. The summed E-state index contributed by atoms with van der Waals surface area (Å²) in [5.41, 5.74) is 2.42. The van der Waals surface area contributed by atoms with E-state index in [0.29, 0.717) is 22.0 Å². The Morgan fingerprint density at radius 2 is 1.81 bits per heavy atom. The van der Waals surface area contributed by atoms with Crippen LogP contribution in [0.15, 0.2) is 66.0 Å². The van der Waals surface area contributed by atoms with Gasteiger partial charge in [0.1, 0.15) is 5.69 Å². The third kappa shape index (κ3) is 3.78. The number of alkyl halides is 2. The normalized spacial score (nSPS) is 14.9. The van der Waals surface area contributed by atoms with Crippen molar-refractivity contribution < 1.29 is 8.78 Å². The molecule has 134 valence electrons. The molecule has 0 amide bonds. The van der Waals surface area contributed by atoms with Crippen molar-refractivity contribution in [2.24, 2.45) is 0 Å². The van der Waals surface area contributed by atoms with E-state index in [2.05, 4.69) is 11.6 Å². The van der Waals surface area contributed by atoms with Crippen LogP contribution in [0.25, 0.3) is 11.3 Å². The Labute approximate surface area is 165 Å². The highest BCUT2D eigenvalue weighted by molar-refractivity contribution is 6.36. The van der Waals surface area contributed by atoms with Gasteiger partial charge in [-0.2, -0.15) is 0 Å². The van der Waals surface area contributed by atoms with E-state index in [4.69, 9.17) is 34.8 Å². The zero-order valence-electron chi connectivity index (χ0n) is 13.4. The van der Waals surface area contributed by atoms with E-state index >= 15 is 0 Å². The molecule has 26 heavy (non-hydrogen) atoms. The lowest BCUT2D eigenvalue weighted by Gasteiger charge is -2.34. The minimum Gasteiger partial charge on any atom is -0.333 e. The molecule has 0 unspecified atom stereocenters. The molecule has 1 aliphatic heterocycles. The summed E-state index contributed by atoms with van der Waals surface area (Å²) in [5, 5.41) is 0.877. The summed E-state index contributed by atoms with van der Waals surface area (Å²) in [6, 6.07) is 10.8. The standard InChI is InChI=1S/C19H13Cl3F2N2/c1-11-15(21)8-14(12-5-3-2-4-6-12)19(26(11)10-17(23)24)18-16(22)7-13(20)9-25-18/h2-9,17H,1,10H2. The van der Waals surface area contributed by atoms with Gasteiger partial charge in [-0.25, -0.2) is 8.78 Å². The SMILES string of the molecule is C=C1C(Cl)=CC(c2ccccc2)=C(c2ncc(Cl)cc2Cl)N1CC(F)F. The van der Waals surface area contributed by atoms with Crippen molar-refractivity contribution in [2.45, 2.75) is 6.43 Å². The lowest BCUT2D eigenvalue weighted by Crippen LogP contribution is -2.30. The molecule has 0 bridgehead atoms. The highest BCUT2D eigenvalue weighted by Gasteiger charge is 2.29. The molecular weight excluding hydrogens is 401 g/mol. The predicted octanol–water partition coefficient (Wildman–Crippen LogP) is 6.47. The first kappa shape index (κ1) is 18.9. The van der Waals surface area contributed by atoms with Gasteiger partial charge >= 0.3 is 0 Å².